The Morgan fingerprint density at radius 2 is 2.29 bits per heavy atom. The van der Waals surface area contributed by atoms with Crippen LogP contribution in [-0.4, -0.2) is 60.9 Å². The fraction of sp³-hybridized carbons (Fsp3) is 0.889. The maximum atomic E-state index is 11.4. The third kappa shape index (κ3) is 1.63. The quantitative estimate of drug-likeness (QED) is 0.535. The summed E-state index contributed by atoms with van der Waals surface area (Å²) in [6.07, 6.45) is 0.114. The maximum Gasteiger partial charge on any atom is 0.323 e. The molecule has 0 aliphatic carbocycles. The minimum Gasteiger partial charge on any atom is -0.468 e. The summed E-state index contributed by atoms with van der Waals surface area (Å²) in [5.74, 6) is -0.228. The van der Waals surface area contributed by atoms with Crippen molar-refractivity contribution < 1.29 is 14.6 Å². The van der Waals surface area contributed by atoms with Crippen LogP contribution in [0.25, 0.3) is 0 Å². The van der Waals surface area contributed by atoms with Gasteiger partial charge in [-0.15, -0.1) is 0 Å². The van der Waals surface area contributed by atoms with E-state index in [2.05, 4.69) is 5.32 Å². The fourth-order valence-corrected chi connectivity index (χ4v) is 2.12. The van der Waals surface area contributed by atoms with Crippen molar-refractivity contribution >= 4 is 5.97 Å². The predicted molar refractivity (Wildman–Crippen MR) is 49.8 cm³/mol. The molecule has 0 bridgehead atoms. The van der Waals surface area contributed by atoms with E-state index in [0.717, 1.165) is 13.1 Å². The molecule has 0 aromatic carbocycles. The molecule has 80 valence electrons. The lowest BCUT2D eigenvalue weighted by Gasteiger charge is -2.38. The van der Waals surface area contributed by atoms with Gasteiger partial charge in [0.25, 0.3) is 0 Å². The highest BCUT2D eigenvalue weighted by molar-refractivity contribution is 5.76. The van der Waals surface area contributed by atoms with Crippen LogP contribution >= 0.6 is 0 Å². The lowest BCUT2D eigenvalue weighted by Crippen LogP contribution is -2.59. The molecule has 0 aromatic heterocycles. The number of nitrogens with zero attached hydrogens (tertiary/aromatic N) is 1. The van der Waals surface area contributed by atoms with Crippen LogP contribution in [0.4, 0.5) is 0 Å². The van der Waals surface area contributed by atoms with E-state index in [4.69, 9.17) is 4.74 Å². The van der Waals surface area contributed by atoms with E-state index in [9.17, 15) is 9.90 Å². The average Bonchev–Trinajstić information content (AvgIpc) is 2.43. The van der Waals surface area contributed by atoms with E-state index in [1.165, 1.54) is 7.11 Å². The third-order valence-corrected chi connectivity index (χ3v) is 3.02. The Morgan fingerprint density at radius 3 is 2.79 bits per heavy atom. The summed E-state index contributed by atoms with van der Waals surface area (Å²) < 4.78 is 4.72. The number of carbonyl (C=O) groups is 1. The molecule has 14 heavy (non-hydrogen) atoms. The number of esters is 1. The molecule has 2 heterocycles. The van der Waals surface area contributed by atoms with E-state index in [1.54, 1.807) is 0 Å². The SMILES string of the molecule is COC(=O)[C@@H]1C[C@@H](O)CN1C1CNC1. The Morgan fingerprint density at radius 1 is 1.57 bits per heavy atom. The Bertz CT molecular complexity index is 230. The zero-order chi connectivity index (χ0) is 10.1. The largest absolute Gasteiger partial charge is 0.468 e. The van der Waals surface area contributed by atoms with Crippen LogP contribution in [0, 0.1) is 0 Å². The molecule has 0 aromatic rings. The van der Waals surface area contributed by atoms with Gasteiger partial charge in [-0.05, 0) is 0 Å². The first-order valence-electron chi connectivity index (χ1n) is 4.94. The van der Waals surface area contributed by atoms with Crippen molar-refractivity contribution in [3.8, 4) is 0 Å². The highest BCUT2D eigenvalue weighted by Gasteiger charge is 2.41. The van der Waals surface area contributed by atoms with Crippen LogP contribution < -0.4 is 5.32 Å². The first-order chi connectivity index (χ1) is 6.72. The number of hydrogen-bond donors (Lipinski definition) is 2. The first-order valence-corrected chi connectivity index (χ1v) is 4.94. The molecule has 2 rings (SSSR count). The number of ether oxygens (including phenoxy) is 1. The standard InChI is InChI=1S/C9H16N2O3/c1-14-9(13)8-2-7(12)5-11(8)6-3-10-4-6/h6-8,10,12H,2-5H2,1H3/t7-,8+/m1/s1. The molecule has 2 N–H and O–H groups in total. The fourth-order valence-electron chi connectivity index (χ4n) is 2.12. The Kier molecular flexibility index (Phi) is 2.71. The van der Waals surface area contributed by atoms with E-state index in [-0.39, 0.29) is 18.1 Å². The monoisotopic (exact) mass is 200 g/mol. The summed E-state index contributed by atoms with van der Waals surface area (Å²) >= 11 is 0. The maximum absolute atomic E-state index is 11.4. The second kappa shape index (κ2) is 3.84. The zero-order valence-corrected chi connectivity index (χ0v) is 8.27. The average molecular weight is 200 g/mol. The highest BCUT2D eigenvalue weighted by atomic mass is 16.5. The Labute approximate surface area is 83.0 Å². The van der Waals surface area contributed by atoms with Gasteiger partial charge in [0.05, 0.1) is 13.2 Å². The summed E-state index contributed by atoms with van der Waals surface area (Å²) in [5, 5.41) is 12.7. The van der Waals surface area contributed by atoms with Gasteiger partial charge in [0, 0.05) is 32.1 Å². The smallest absolute Gasteiger partial charge is 0.323 e. The molecule has 0 amide bonds. The van der Waals surface area contributed by atoms with Gasteiger partial charge >= 0.3 is 5.97 Å². The summed E-state index contributed by atoms with van der Waals surface area (Å²) in [6.45, 7) is 2.40. The van der Waals surface area contributed by atoms with Gasteiger partial charge in [-0.3, -0.25) is 9.69 Å². The van der Waals surface area contributed by atoms with Crippen molar-refractivity contribution in [1.82, 2.24) is 10.2 Å². The summed E-state index contributed by atoms with van der Waals surface area (Å²) in [4.78, 5) is 13.5. The molecule has 2 saturated heterocycles. The predicted octanol–water partition coefficient (Wildman–Crippen LogP) is -1.43. The zero-order valence-electron chi connectivity index (χ0n) is 8.27. The molecule has 0 unspecified atom stereocenters. The molecule has 5 nitrogen and oxygen atoms in total. The van der Waals surface area contributed by atoms with E-state index in [1.807, 2.05) is 4.90 Å². The molecule has 2 aliphatic heterocycles. The van der Waals surface area contributed by atoms with Gasteiger partial charge in [0.1, 0.15) is 6.04 Å². The number of methoxy groups -OCH3 is 1. The topological polar surface area (TPSA) is 61.8 Å². The van der Waals surface area contributed by atoms with Crippen LogP contribution in [0.1, 0.15) is 6.42 Å². The number of hydrogen-bond acceptors (Lipinski definition) is 5. The van der Waals surface area contributed by atoms with Gasteiger partial charge < -0.3 is 15.2 Å². The van der Waals surface area contributed by atoms with Crippen LogP contribution in [0.5, 0.6) is 0 Å². The molecular weight excluding hydrogens is 184 g/mol. The molecule has 2 aliphatic rings. The second-order valence-electron chi connectivity index (χ2n) is 3.94. The minimum atomic E-state index is -0.389. The number of aliphatic hydroxyl groups excluding tert-OH is 1. The van der Waals surface area contributed by atoms with Crippen LogP contribution in [0.3, 0.4) is 0 Å². The molecule has 0 radical (unpaired) electrons. The van der Waals surface area contributed by atoms with Gasteiger partial charge in [-0.1, -0.05) is 0 Å². The lowest BCUT2D eigenvalue weighted by molar-refractivity contribution is -0.147. The van der Waals surface area contributed by atoms with Crippen molar-refractivity contribution in [3.63, 3.8) is 0 Å². The Hall–Kier alpha value is -0.650. The van der Waals surface area contributed by atoms with Crippen molar-refractivity contribution in [3.05, 3.63) is 0 Å². The van der Waals surface area contributed by atoms with Gasteiger partial charge in [-0.25, -0.2) is 0 Å². The van der Waals surface area contributed by atoms with Gasteiger partial charge in [-0.2, -0.15) is 0 Å². The van der Waals surface area contributed by atoms with Crippen molar-refractivity contribution in [2.45, 2.75) is 24.6 Å². The second-order valence-corrected chi connectivity index (χ2v) is 3.94. The van der Waals surface area contributed by atoms with Crippen molar-refractivity contribution in [1.29, 1.82) is 0 Å². The van der Waals surface area contributed by atoms with Crippen LogP contribution in [0.15, 0.2) is 0 Å². The van der Waals surface area contributed by atoms with Crippen molar-refractivity contribution in [2.75, 3.05) is 26.7 Å². The highest BCUT2D eigenvalue weighted by Crippen LogP contribution is 2.23. The van der Waals surface area contributed by atoms with Crippen LogP contribution in [-0.2, 0) is 9.53 Å². The van der Waals surface area contributed by atoms with Gasteiger partial charge in [0.15, 0.2) is 0 Å². The van der Waals surface area contributed by atoms with Gasteiger partial charge in [0.2, 0.25) is 0 Å². The summed E-state index contributed by atoms with van der Waals surface area (Å²) in [6, 6.07) is 0.137. The number of carbonyl (C=O) groups excluding carboxylic acids is 1. The van der Waals surface area contributed by atoms with Crippen LogP contribution in [0.2, 0.25) is 0 Å². The third-order valence-electron chi connectivity index (χ3n) is 3.02. The summed E-state index contributed by atoms with van der Waals surface area (Å²) in [7, 11) is 1.39. The number of aliphatic hydroxyl groups is 1. The molecule has 2 fully saturated rings. The summed E-state index contributed by atoms with van der Waals surface area (Å²) in [5.41, 5.74) is 0. The van der Waals surface area contributed by atoms with Crippen molar-refractivity contribution in [2.24, 2.45) is 0 Å². The number of β-amino-alcohol motifs (C(OH)–C–C–N with tert-alkyl or cyclic N) is 1. The van der Waals surface area contributed by atoms with E-state index >= 15 is 0 Å². The lowest BCUT2D eigenvalue weighted by atomic mass is 10.1. The normalized spacial score (nSPS) is 34.1. The molecule has 0 spiro atoms. The number of rotatable bonds is 2. The number of nitrogens with one attached hydrogen (secondary N) is 1. The molecule has 2 atom stereocenters. The molecule has 5 heteroatoms. The first kappa shape index (κ1) is 9.89. The molecular formula is C9H16N2O3. The minimum absolute atomic E-state index is 0.228. The van der Waals surface area contributed by atoms with E-state index < -0.39 is 0 Å². The van der Waals surface area contributed by atoms with E-state index in [0.29, 0.717) is 19.0 Å². The Balaban J connectivity index is 2.01. The molecule has 0 saturated carbocycles. The number of likely N-dealkylation sites (tertiary alicyclic amines) is 1.